The van der Waals surface area contributed by atoms with Crippen LogP contribution in [0.2, 0.25) is 0 Å². The number of hydrogen-bond donors (Lipinski definition) is 2. The molecular weight excluding hydrogens is 324 g/mol. The minimum absolute atomic E-state index is 0.296. The number of H-pyrrole nitrogens is 1. The summed E-state index contributed by atoms with van der Waals surface area (Å²) in [5, 5.41) is 11.2. The predicted octanol–water partition coefficient (Wildman–Crippen LogP) is 3.70. The first-order chi connectivity index (χ1) is 9.10. The highest BCUT2D eigenvalue weighted by molar-refractivity contribution is 9.10. The Bertz CT molecular complexity index is 555. The van der Waals surface area contributed by atoms with E-state index in [1.165, 1.54) is 10.5 Å². The molecule has 0 saturated heterocycles. The smallest absolute Gasteiger partial charge is 0.213 e. The lowest BCUT2D eigenvalue weighted by atomic mass is 10.1. The normalized spacial score (nSPS) is 12.6. The molecule has 0 spiro atoms. The largest absolute Gasteiger partial charge is 0.310 e. The second-order valence-corrected chi connectivity index (χ2v) is 6.19. The molecule has 1 atom stereocenters. The van der Waals surface area contributed by atoms with Gasteiger partial charge in [-0.25, -0.2) is 4.98 Å². The molecule has 0 bridgehead atoms. The predicted molar refractivity (Wildman–Crippen MR) is 81.5 cm³/mol. The lowest BCUT2D eigenvalue weighted by Gasteiger charge is -2.16. The van der Waals surface area contributed by atoms with Gasteiger partial charge < -0.3 is 5.32 Å². The van der Waals surface area contributed by atoms with Crippen LogP contribution in [0.1, 0.15) is 31.3 Å². The van der Waals surface area contributed by atoms with Gasteiger partial charge in [-0.05, 0) is 55.9 Å². The molecule has 19 heavy (non-hydrogen) atoms. The summed E-state index contributed by atoms with van der Waals surface area (Å²) in [5.41, 5.74) is 1.25. The van der Waals surface area contributed by atoms with Crippen LogP contribution in [0.25, 0.3) is 0 Å². The average Bonchev–Trinajstić information content (AvgIpc) is 2.77. The van der Waals surface area contributed by atoms with Crippen LogP contribution in [0.5, 0.6) is 0 Å². The SMILES string of the molecule is CCNC(C)c1cc(Br)ccc1Sc1n[nH]c(C)n1. The molecule has 0 radical (unpaired) electrons. The Balaban J connectivity index is 2.28. The molecule has 0 amide bonds. The highest BCUT2D eigenvalue weighted by Gasteiger charge is 2.13. The van der Waals surface area contributed by atoms with Crippen LogP contribution in [-0.4, -0.2) is 21.7 Å². The quantitative estimate of drug-likeness (QED) is 0.871. The van der Waals surface area contributed by atoms with Gasteiger partial charge in [0.1, 0.15) is 5.82 Å². The van der Waals surface area contributed by atoms with E-state index >= 15 is 0 Å². The summed E-state index contributed by atoms with van der Waals surface area (Å²) in [6.07, 6.45) is 0. The summed E-state index contributed by atoms with van der Waals surface area (Å²) in [6, 6.07) is 6.59. The Kier molecular flexibility index (Phi) is 5.01. The fraction of sp³-hybridized carbons (Fsp3) is 0.385. The van der Waals surface area contributed by atoms with Crippen molar-refractivity contribution < 1.29 is 0 Å². The van der Waals surface area contributed by atoms with E-state index in [0.717, 1.165) is 22.0 Å². The molecule has 1 aromatic heterocycles. The van der Waals surface area contributed by atoms with Crippen molar-refractivity contribution in [1.82, 2.24) is 20.5 Å². The minimum atomic E-state index is 0.296. The van der Waals surface area contributed by atoms with Gasteiger partial charge in [0, 0.05) is 15.4 Å². The minimum Gasteiger partial charge on any atom is -0.310 e. The standard InChI is InChI=1S/C13H17BrN4S/c1-4-15-8(2)11-7-10(14)5-6-12(11)19-13-16-9(3)17-18-13/h5-8,15H,4H2,1-3H3,(H,16,17,18). The third-order valence-electron chi connectivity index (χ3n) is 2.73. The van der Waals surface area contributed by atoms with Gasteiger partial charge in [-0.3, -0.25) is 5.10 Å². The van der Waals surface area contributed by atoms with Crippen LogP contribution in [0, 0.1) is 6.92 Å². The second-order valence-electron chi connectivity index (χ2n) is 4.27. The average molecular weight is 341 g/mol. The molecule has 102 valence electrons. The Morgan fingerprint density at radius 1 is 1.47 bits per heavy atom. The van der Waals surface area contributed by atoms with Crippen LogP contribution in [0.15, 0.2) is 32.7 Å². The van der Waals surface area contributed by atoms with Gasteiger partial charge in [-0.2, -0.15) is 0 Å². The van der Waals surface area contributed by atoms with E-state index < -0.39 is 0 Å². The lowest BCUT2D eigenvalue weighted by Crippen LogP contribution is -2.18. The number of aromatic amines is 1. The fourth-order valence-corrected chi connectivity index (χ4v) is 3.17. The molecule has 1 unspecified atom stereocenters. The summed E-state index contributed by atoms with van der Waals surface area (Å²) in [5.74, 6) is 0.834. The highest BCUT2D eigenvalue weighted by Crippen LogP contribution is 2.33. The number of nitrogens with one attached hydrogen (secondary N) is 2. The molecule has 1 aromatic carbocycles. The molecule has 2 N–H and O–H groups in total. The molecule has 2 rings (SSSR count). The topological polar surface area (TPSA) is 53.6 Å². The van der Waals surface area contributed by atoms with E-state index in [-0.39, 0.29) is 0 Å². The number of aryl methyl sites for hydroxylation is 1. The van der Waals surface area contributed by atoms with Gasteiger partial charge in [0.05, 0.1) is 0 Å². The first-order valence-corrected chi connectivity index (χ1v) is 7.80. The molecule has 0 aliphatic carbocycles. The van der Waals surface area contributed by atoms with Crippen LogP contribution < -0.4 is 5.32 Å². The van der Waals surface area contributed by atoms with Crippen LogP contribution in [-0.2, 0) is 0 Å². The van der Waals surface area contributed by atoms with Crippen molar-refractivity contribution in [1.29, 1.82) is 0 Å². The Morgan fingerprint density at radius 2 is 2.26 bits per heavy atom. The molecular formula is C13H17BrN4S. The number of rotatable bonds is 5. The first-order valence-electron chi connectivity index (χ1n) is 6.20. The lowest BCUT2D eigenvalue weighted by molar-refractivity contribution is 0.589. The number of benzene rings is 1. The van der Waals surface area contributed by atoms with Gasteiger partial charge in [-0.15, -0.1) is 5.10 Å². The van der Waals surface area contributed by atoms with Crippen molar-refractivity contribution in [3.63, 3.8) is 0 Å². The van der Waals surface area contributed by atoms with Crippen LogP contribution >= 0.6 is 27.7 Å². The van der Waals surface area contributed by atoms with Crippen molar-refractivity contribution in [2.45, 2.75) is 36.9 Å². The van der Waals surface area contributed by atoms with Crippen molar-refractivity contribution in [3.05, 3.63) is 34.1 Å². The van der Waals surface area contributed by atoms with Crippen molar-refractivity contribution in [2.75, 3.05) is 6.54 Å². The third-order valence-corrected chi connectivity index (χ3v) is 4.18. The maximum atomic E-state index is 4.34. The Labute approximate surface area is 125 Å². The van der Waals surface area contributed by atoms with Crippen LogP contribution in [0.4, 0.5) is 0 Å². The molecule has 0 aliphatic rings. The van der Waals surface area contributed by atoms with E-state index in [9.17, 15) is 0 Å². The van der Waals surface area contributed by atoms with Crippen LogP contribution in [0.3, 0.4) is 0 Å². The zero-order valence-corrected chi connectivity index (χ0v) is 13.6. The third kappa shape index (κ3) is 3.81. The van der Waals surface area contributed by atoms with Crippen molar-refractivity contribution in [3.8, 4) is 0 Å². The number of hydrogen-bond acceptors (Lipinski definition) is 4. The molecule has 1 heterocycles. The molecule has 0 saturated carbocycles. The van der Waals surface area contributed by atoms with Crippen molar-refractivity contribution in [2.24, 2.45) is 0 Å². The maximum Gasteiger partial charge on any atom is 0.213 e. The van der Waals surface area contributed by atoms with Gasteiger partial charge in [0.25, 0.3) is 0 Å². The summed E-state index contributed by atoms with van der Waals surface area (Å²) >= 11 is 5.11. The zero-order chi connectivity index (χ0) is 13.8. The number of aromatic nitrogens is 3. The van der Waals surface area contributed by atoms with E-state index in [0.29, 0.717) is 6.04 Å². The Morgan fingerprint density at radius 3 is 2.89 bits per heavy atom. The fourth-order valence-electron chi connectivity index (χ4n) is 1.83. The maximum absolute atomic E-state index is 4.34. The Hall–Kier alpha value is -0.850. The summed E-state index contributed by atoms with van der Waals surface area (Å²) in [7, 11) is 0. The van der Waals surface area contributed by atoms with E-state index in [1.807, 2.05) is 13.0 Å². The van der Waals surface area contributed by atoms with Gasteiger partial charge in [0.15, 0.2) is 0 Å². The van der Waals surface area contributed by atoms with Gasteiger partial charge in [0.2, 0.25) is 5.16 Å². The first kappa shape index (κ1) is 14.6. The monoisotopic (exact) mass is 340 g/mol. The van der Waals surface area contributed by atoms with E-state index in [4.69, 9.17) is 0 Å². The van der Waals surface area contributed by atoms with E-state index in [1.54, 1.807) is 11.8 Å². The van der Waals surface area contributed by atoms with Crippen molar-refractivity contribution >= 4 is 27.7 Å². The molecule has 6 heteroatoms. The van der Waals surface area contributed by atoms with Gasteiger partial charge >= 0.3 is 0 Å². The molecule has 0 fully saturated rings. The number of halogens is 1. The summed E-state index contributed by atoms with van der Waals surface area (Å²) in [6.45, 7) is 7.12. The van der Waals surface area contributed by atoms with E-state index in [2.05, 4.69) is 62.4 Å². The molecule has 0 aliphatic heterocycles. The molecule has 4 nitrogen and oxygen atoms in total. The summed E-state index contributed by atoms with van der Waals surface area (Å²) < 4.78 is 1.09. The molecule has 2 aromatic rings. The zero-order valence-electron chi connectivity index (χ0n) is 11.2. The second kappa shape index (κ2) is 6.54. The van der Waals surface area contributed by atoms with Gasteiger partial charge in [-0.1, -0.05) is 22.9 Å². The highest BCUT2D eigenvalue weighted by atomic mass is 79.9. The number of nitrogens with zero attached hydrogens (tertiary/aromatic N) is 2. The summed E-state index contributed by atoms with van der Waals surface area (Å²) in [4.78, 5) is 5.52.